The number of hydrogen-bond acceptors (Lipinski definition) is 3. The fraction of sp³-hybridized carbons (Fsp3) is 0.270. The van der Waals surface area contributed by atoms with Crippen LogP contribution in [0.25, 0.3) is 21.5 Å². The third kappa shape index (κ3) is 4.35. The first-order valence-electron chi connectivity index (χ1n) is 14.6. The Hall–Kier alpha value is -4.71. The topological polar surface area (TPSA) is 80.9 Å². The number of anilines is 1. The number of nitrogens with zero attached hydrogens (tertiary/aromatic N) is 2. The van der Waals surface area contributed by atoms with Gasteiger partial charge < -0.3 is 15.1 Å². The summed E-state index contributed by atoms with van der Waals surface area (Å²) in [6.45, 7) is 12.4. The van der Waals surface area contributed by atoms with Crippen LogP contribution in [0.5, 0.6) is 0 Å². The highest BCUT2D eigenvalue weighted by atomic mass is 16.4. The van der Waals surface area contributed by atoms with Crippen LogP contribution in [0.3, 0.4) is 0 Å². The predicted molar refractivity (Wildman–Crippen MR) is 173 cm³/mol. The molecule has 2 N–H and O–H groups in total. The zero-order valence-electron chi connectivity index (χ0n) is 25.5. The van der Waals surface area contributed by atoms with E-state index < -0.39 is 22.8 Å². The molecule has 0 fully saturated rings. The average molecular weight is 574 g/mol. The summed E-state index contributed by atoms with van der Waals surface area (Å²) in [7, 11) is 0. The molecule has 218 valence electrons. The Morgan fingerprint density at radius 1 is 0.767 bits per heavy atom. The second kappa shape index (κ2) is 9.94. The van der Waals surface area contributed by atoms with E-state index in [0.29, 0.717) is 0 Å². The van der Waals surface area contributed by atoms with Crippen molar-refractivity contribution < 1.29 is 24.4 Å². The van der Waals surface area contributed by atoms with E-state index in [-0.39, 0.29) is 13.1 Å². The number of aliphatic carboxylic acids is 2. The monoisotopic (exact) mass is 573 g/mol. The first-order chi connectivity index (χ1) is 20.3. The summed E-state index contributed by atoms with van der Waals surface area (Å²) in [4.78, 5) is 26.0. The second-order valence-corrected chi connectivity index (χ2v) is 12.8. The van der Waals surface area contributed by atoms with Crippen molar-refractivity contribution in [1.29, 1.82) is 0 Å². The second-order valence-electron chi connectivity index (χ2n) is 12.8. The largest absolute Gasteiger partial charge is 0.480 e. The first kappa shape index (κ1) is 28.4. The summed E-state index contributed by atoms with van der Waals surface area (Å²) in [5.41, 5.74) is 7.24. The van der Waals surface area contributed by atoms with Gasteiger partial charge in [0.25, 0.3) is 0 Å². The molecule has 0 spiro atoms. The van der Waals surface area contributed by atoms with Crippen molar-refractivity contribution in [3.05, 3.63) is 107 Å². The van der Waals surface area contributed by atoms with Crippen LogP contribution in [0, 0.1) is 13.8 Å². The standard InChI is InChI=1S/C37H36N2O4/c1-22-10-7-12-26-24(22)16-18-28-34(26)36(3,4)30(38(28)20-32(40)41)14-9-15-31-37(5,6)35-27-13-8-11-23(2)25(27)17-19-29(35)39(31)21-33(42)43/h7-19H,20-21H2,1-6H3,(H-,40,41,42,43)/p+1. The maximum Gasteiger partial charge on any atom is 0.370 e. The lowest BCUT2D eigenvalue weighted by atomic mass is 9.78. The minimum atomic E-state index is -0.903. The van der Waals surface area contributed by atoms with Crippen LogP contribution in [0.1, 0.15) is 49.9 Å². The molecule has 4 aromatic carbocycles. The summed E-state index contributed by atoms with van der Waals surface area (Å²) in [5.74, 6) is -1.81. The Labute approximate surface area is 251 Å². The molecule has 6 nitrogen and oxygen atoms in total. The SMILES string of the molecule is Cc1cccc2c3c(ccc12)[N+](CC(=O)O)=C(/C=C/C=C1/N(CC(=O)O)c2ccc4c(C)cccc4c2C1(C)C)C3(C)C. The zero-order valence-corrected chi connectivity index (χ0v) is 25.5. The third-order valence-electron chi connectivity index (χ3n) is 9.30. The molecule has 43 heavy (non-hydrogen) atoms. The summed E-state index contributed by atoms with van der Waals surface area (Å²) >= 11 is 0. The molecule has 0 unspecified atom stereocenters. The number of carboxylic acids is 2. The first-order valence-corrected chi connectivity index (χ1v) is 14.6. The molecular weight excluding hydrogens is 536 g/mol. The lowest BCUT2D eigenvalue weighted by molar-refractivity contribution is -0.427. The van der Waals surface area contributed by atoms with Gasteiger partial charge in [-0.1, -0.05) is 62.4 Å². The Kier molecular flexibility index (Phi) is 6.57. The number of rotatable bonds is 6. The Morgan fingerprint density at radius 3 is 1.98 bits per heavy atom. The molecule has 0 bridgehead atoms. The minimum absolute atomic E-state index is 0.155. The fourth-order valence-electron chi connectivity index (χ4n) is 7.40. The third-order valence-corrected chi connectivity index (χ3v) is 9.30. The van der Waals surface area contributed by atoms with Gasteiger partial charge in [-0.2, -0.15) is 4.58 Å². The van der Waals surface area contributed by atoms with Crippen molar-refractivity contribution in [2.45, 2.75) is 52.4 Å². The molecular formula is C37H37N2O4+. The van der Waals surface area contributed by atoms with Crippen molar-refractivity contribution in [3.63, 3.8) is 0 Å². The van der Waals surface area contributed by atoms with Crippen LogP contribution in [0.4, 0.5) is 11.4 Å². The molecule has 0 saturated heterocycles. The number of carbonyl (C=O) groups is 2. The normalized spacial score (nSPS) is 17.8. The molecule has 0 radical (unpaired) electrons. The molecule has 0 aromatic heterocycles. The van der Waals surface area contributed by atoms with Gasteiger partial charge in [-0.05, 0) is 84.1 Å². The van der Waals surface area contributed by atoms with Crippen LogP contribution >= 0.6 is 0 Å². The summed E-state index contributed by atoms with van der Waals surface area (Å²) in [6, 6.07) is 20.8. The number of aryl methyl sites for hydroxylation is 2. The van der Waals surface area contributed by atoms with Crippen molar-refractivity contribution in [1.82, 2.24) is 0 Å². The molecule has 2 aliphatic heterocycles. The smallest absolute Gasteiger partial charge is 0.370 e. The van der Waals surface area contributed by atoms with Crippen LogP contribution < -0.4 is 4.90 Å². The molecule has 6 heteroatoms. The van der Waals surface area contributed by atoms with Gasteiger partial charge in [0, 0.05) is 34.5 Å². The van der Waals surface area contributed by atoms with Crippen LogP contribution in [0.2, 0.25) is 0 Å². The number of hydrogen-bond donors (Lipinski definition) is 2. The Balaban J connectivity index is 1.50. The van der Waals surface area contributed by atoms with Crippen LogP contribution in [-0.2, 0) is 20.4 Å². The molecule has 6 rings (SSSR count). The lowest BCUT2D eigenvalue weighted by Crippen LogP contribution is -2.31. The van der Waals surface area contributed by atoms with Gasteiger partial charge in [0.2, 0.25) is 12.2 Å². The highest BCUT2D eigenvalue weighted by Crippen LogP contribution is 2.51. The van der Waals surface area contributed by atoms with E-state index >= 15 is 0 Å². The molecule has 0 atom stereocenters. The highest BCUT2D eigenvalue weighted by Gasteiger charge is 2.46. The van der Waals surface area contributed by atoms with Gasteiger partial charge in [0.1, 0.15) is 6.54 Å². The quantitative estimate of drug-likeness (QED) is 0.235. The molecule has 0 amide bonds. The number of carboxylic acid groups (broad SMARTS) is 2. The van der Waals surface area contributed by atoms with E-state index in [1.165, 1.54) is 11.1 Å². The van der Waals surface area contributed by atoms with E-state index in [9.17, 15) is 19.8 Å². The number of allylic oxidation sites excluding steroid dienone is 4. The minimum Gasteiger partial charge on any atom is -0.480 e. The van der Waals surface area contributed by atoms with E-state index in [0.717, 1.165) is 55.5 Å². The highest BCUT2D eigenvalue weighted by molar-refractivity contribution is 6.08. The maximum absolute atomic E-state index is 12.1. The predicted octanol–water partition coefficient (Wildman–Crippen LogP) is 7.39. The fourth-order valence-corrected chi connectivity index (χ4v) is 7.40. The van der Waals surface area contributed by atoms with Crippen molar-refractivity contribution in [3.8, 4) is 0 Å². The summed E-state index contributed by atoms with van der Waals surface area (Å²) in [5, 5.41) is 24.3. The molecule has 4 aromatic rings. The summed E-state index contributed by atoms with van der Waals surface area (Å²) < 4.78 is 1.90. The Morgan fingerprint density at radius 2 is 1.37 bits per heavy atom. The number of fused-ring (bicyclic) bond motifs is 6. The van der Waals surface area contributed by atoms with Crippen molar-refractivity contribution in [2.75, 3.05) is 18.0 Å². The maximum atomic E-state index is 12.1. The molecule has 2 aliphatic rings. The van der Waals surface area contributed by atoms with Crippen LogP contribution in [0.15, 0.2) is 84.6 Å². The average Bonchev–Trinajstić information content (AvgIpc) is 3.27. The van der Waals surface area contributed by atoms with E-state index in [2.05, 4.69) is 90.1 Å². The van der Waals surface area contributed by atoms with Gasteiger partial charge in [0.05, 0.1) is 5.41 Å². The van der Waals surface area contributed by atoms with E-state index in [1.807, 2.05) is 39.8 Å². The van der Waals surface area contributed by atoms with Crippen LogP contribution in [-0.4, -0.2) is 45.5 Å². The summed E-state index contributed by atoms with van der Waals surface area (Å²) in [6.07, 6.45) is 5.95. The van der Waals surface area contributed by atoms with Crippen molar-refractivity contribution >= 4 is 50.6 Å². The Bertz CT molecular complexity index is 1960. The van der Waals surface area contributed by atoms with Gasteiger partial charge in [-0.15, -0.1) is 0 Å². The van der Waals surface area contributed by atoms with Crippen molar-refractivity contribution in [2.24, 2.45) is 0 Å². The van der Waals surface area contributed by atoms with Gasteiger partial charge >= 0.3 is 11.9 Å². The molecule has 0 aliphatic carbocycles. The lowest BCUT2D eigenvalue weighted by Gasteiger charge is -2.26. The molecule has 0 saturated carbocycles. The van der Waals surface area contributed by atoms with Gasteiger partial charge in [0.15, 0.2) is 5.71 Å². The molecule has 2 heterocycles. The van der Waals surface area contributed by atoms with Gasteiger partial charge in [-0.3, -0.25) is 4.79 Å². The number of benzene rings is 4. The van der Waals surface area contributed by atoms with Gasteiger partial charge in [-0.25, -0.2) is 4.79 Å². The van der Waals surface area contributed by atoms with E-state index in [4.69, 9.17) is 0 Å². The van der Waals surface area contributed by atoms with E-state index in [1.54, 1.807) is 0 Å². The zero-order chi connectivity index (χ0) is 30.8.